The molecule has 2 rings (SSSR count). The van der Waals surface area contributed by atoms with Gasteiger partial charge in [-0.1, -0.05) is 6.07 Å². The smallest absolute Gasteiger partial charge is 0.264 e. The second-order valence-electron chi connectivity index (χ2n) is 5.15. The molecule has 1 aliphatic heterocycles. The van der Waals surface area contributed by atoms with Crippen molar-refractivity contribution in [3.05, 3.63) is 22.4 Å². The van der Waals surface area contributed by atoms with E-state index in [1.165, 1.54) is 16.2 Å². The van der Waals surface area contributed by atoms with Crippen LogP contribution in [0.25, 0.3) is 0 Å². The number of amides is 2. The van der Waals surface area contributed by atoms with Crippen molar-refractivity contribution >= 4 is 23.2 Å². The fourth-order valence-corrected chi connectivity index (χ4v) is 3.01. The van der Waals surface area contributed by atoms with Crippen LogP contribution in [0, 0.1) is 5.92 Å². The zero-order chi connectivity index (χ0) is 14.4. The Morgan fingerprint density at radius 2 is 2.40 bits per heavy atom. The van der Waals surface area contributed by atoms with Gasteiger partial charge in [0.25, 0.3) is 5.91 Å². The lowest BCUT2D eigenvalue weighted by Crippen LogP contribution is -2.42. The molecule has 1 aromatic heterocycles. The van der Waals surface area contributed by atoms with Gasteiger partial charge in [0.05, 0.1) is 11.4 Å². The van der Waals surface area contributed by atoms with Gasteiger partial charge in [-0.15, -0.1) is 11.3 Å². The second-order valence-corrected chi connectivity index (χ2v) is 6.10. The largest absolute Gasteiger partial charge is 0.354 e. The zero-order valence-corrected chi connectivity index (χ0v) is 12.5. The molecule has 1 saturated heterocycles. The molecule has 20 heavy (non-hydrogen) atoms. The molecule has 0 radical (unpaired) electrons. The number of piperidine rings is 1. The Hall–Kier alpha value is -1.40. The highest BCUT2D eigenvalue weighted by Crippen LogP contribution is 2.11. The molecule has 1 atom stereocenters. The van der Waals surface area contributed by atoms with E-state index in [1.807, 2.05) is 11.4 Å². The van der Waals surface area contributed by atoms with Gasteiger partial charge >= 0.3 is 0 Å². The van der Waals surface area contributed by atoms with E-state index in [-0.39, 0.29) is 18.4 Å². The van der Waals surface area contributed by atoms with Crippen LogP contribution in [0.5, 0.6) is 0 Å². The molecule has 110 valence electrons. The molecule has 1 aliphatic rings. The van der Waals surface area contributed by atoms with Crippen molar-refractivity contribution in [3.8, 4) is 0 Å². The lowest BCUT2D eigenvalue weighted by molar-refractivity contribution is -0.121. The number of carbonyl (C=O) groups is 2. The Kier molecular flexibility index (Phi) is 5.55. The number of nitrogens with zero attached hydrogens (tertiary/aromatic N) is 1. The van der Waals surface area contributed by atoms with Gasteiger partial charge in [-0.25, -0.2) is 0 Å². The van der Waals surface area contributed by atoms with Crippen molar-refractivity contribution in [2.75, 3.05) is 33.2 Å². The number of thiophene rings is 1. The lowest BCUT2D eigenvalue weighted by atomic mass is 10.00. The Bertz CT molecular complexity index is 441. The maximum absolute atomic E-state index is 12.0. The first kappa shape index (κ1) is 15.0. The van der Waals surface area contributed by atoms with Crippen LogP contribution in [0.4, 0.5) is 0 Å². The summed E-state index contributed by atoms with van der Waals surface area (Å²) >= 11 is 1.39. The minimum atomic E-state index is -0.102. The van der Waals surface area contributed by atoms with Crippen molar-refractivity contribution in [2.24, 2.45) is 5.92 Å². The number of hydrogen-bond donors (Lipinski definition) is 2. The molecular formula is C14H21N3O2S. The summed E-state index contributed by atoms with van der Waals surface area (Å²) < 4.78 is 0. The molecule has 1 aromatic rings. The molecule has 6 heteroatoms. The van der Waals surface area contributed by atoms with E-state index < -0.39 is 0 Å². The van der Waals surface area contributed by atoms with Crippen molar-refractivity contribution < 1.29 is 9.59 Å². The second kappa shape index (κ2) is 7.40. The van der Waals surface area contributed by atoms with E-state index in [0.29, 0.717) is 17.3 Å². The fraction of sp³-hybridized carbons (Fsp3) is 0.571. The highest BCUT2D eigenvalue weighted by Gasteiger charge is 2.17. The maximum Gasteiger partial charge on any atom is 0.264 e. The normalized spacial score (nSPS) is 18.6. The molecule has 5 nitrogen and oxygen atoms in total. The van der Waals surface area contributed by atoms with Crippen LogP contribution in [-0.4, -0.2) is 49.9 Å². The Balaban J connectivity index is 1.72. The predicted molar refractivity (Wildman–Crippen MR) is 79.9 cm³/mol. The monoisotopic (exact) mass is 295 g/mol. The minimum absolute atomic E-state index is 0.0945. The summed E-state index contributed by atoms with van der Waals surface area (Å²) in [6, 6.07) is 3.61. The average molecular weight is 295 g/mol. The molecule has 0 bridgehead atoms. The van der Waals surface area contributed by atoms with Gasteiger partial charge in [-0.05, 0) is 43.3 Å². The summed E-state index contributed by atoms with van der Waals surface area (Å²) in [4.78, 5) is 26.0. The van der Waals surface area contributed by atoms with Gasteiger partial charge in [-0.2, -0.15) is 0 Å². The summed E-state index contributed by atoms with van der Waals surface area (Å²) in [5, 5.41) is 8.09. The summed E-state index contributed by atoms with van der Waals surface area (Å²) in [6.07, 6.45) is 2.31. The Morgan fingerprint density at radius 3 is 3.05 bits per heavy atom. The van der Waals surface area contributed by atoms with Crippen LogP contribution < -0.4 is 10.6 Å². The van der Waals surface area contributed by atoms with Gasteiger partial charge < -0.3 is 15.5 Å². The molecular weight excluding hydrogens is 274 g/mol. The molecule has 0 saturated carbocycles. The Morgan fingerprint density at radius 1 is 1.55 bits per heavy atom. The highest BCUT2D eigenvalue weighted by molar-refractivity contribution is 7.12. The Labute approximate surface area is 123 Å². The van der Waals surface area contributed by atoms with Gasteiger partial charge in [0.15, 0.2) is 0 Å². The first-order chi connectivity index (χ1) is 9.66. The summed E-state index contributed by atoms with van der Waals surface area (Å²) in [5.41, 5.74) is 0. The van der Waals surface area contributed by atoms with Crippen molar-refractivity contribution in [3.63, 3.8) is 0 Å². The third-order valence-corrected chi connectivity index (χ3v) is 4.30. The van der Waals surface area contributed by atoms with Crippen LogP contribution in [0.15, 0.2) is 17.5 Å². The third-order valence-electron chi connectivity index (χ3n) is 3.45. The van der Waals surface area contributed by atoms with Crippen LogP contribution in [0.2, 0.25) is 0 Å². The molecule has 1 fully saturated rings. The van der Waals surface area contributed by atoms with Gasteiger partial charge in [0.1, 0.15) is 0 Å². The van der Waals surface area contributed by atoms with Crippen molar-refractivity contribution in [1.82, 2.24) is 15.5 Å². The van der Waals surface area contributed by atoms with E-state index in [2.05, 4.69) is 10.6 Å². The molecule has 2 heterocycles. The van der Waals surface area contributed by atoms with E-state index >= 15 is 0 Å². The summed E-state index contributed by atoms with van der Waals surface area (Å²) in [5.74, 6) is 0.309. The fourth-order valence-electron chi connectivity index (χ4n) is 2.29. The van der Waals surface area contributed by atoms with Crippen LogP contribution in [0.1, 0.15) is 22.5 Å². The summed E-state index contributed by atoms with van der Waals surface area (Å²) in [6.45, 7) is 2.83. The standard InChI is InChI=1S/C14H21N3O2S/c1-17(14(19)12-5-3-7-20-12)10-13(18)16-9-11-4-2-6-15-8-11/h3,5,7,11,15H,2,4,6,8-10H2,1H3,(H,16,18). The molecule has 0 aliphatic carbocycles. The molecule has 0 aromatic carbocycles. The number of carbonyl (C=O) groups excluding carboxylic acids is 2. The van der Waals surface area contributed by atoms with Crippen LogP contribution in [0.3, 0.4) is 0 Å². The van der Waals surface area contributed by atoms with Crippen LogP contribution in [-0.2, 0) is 4.79 Å². The van der Waals surface area contributed by atoms with Gasteiger partial charge in [-0.3, -0.25) is 9.59 Å². The van der Waals surface area contributed by atoms with Crippen LogP contribution >= 0.6 is 11.3 Å². The number of nitrogens with one attached hydrogen (secondary N) is 2. The first-order valence-corrected chi connectivity index (χ1v) is 7.81. The first-order valence-electron chi connectivity index (χ1n) is 6.93. The van der Waals surface area contributed by atoms with E-state index in [4.69, 9.17) is 0 Å². The SMILES string of the molecule is CN(CC(=O)NCC1CCCNC1)C(=O)c1cccs1. The quantitative estimate of drug-likeness (QED) is 0.850. The van der Waals surface area contributed by atoms with E-state index in [1.54, 1.807) is 13.1 Å². The number of likely N-dealkylation sites (N-methyl/N-ethyl adjacent to an activating group) is 1. The van der Waals surface area contributed by atoms with Gasteiger partial charge in [0.2, 0.25) is 5.91 Å². The van der Waals surface area contributed by atoms with Gasteiger partial charge in [0, 0.05) is 13.6 Å². The lowest BCUT2D eigenvalue weighted by Gasteiger charge is -2.23. The number of rotatable bonds is 5. The zero-order valence-electron chi connectivity index (χ0n) is 11.7. The molecule has 2 amide bonds. The molecule has 1 unspecified atom stereocenters. The summed E-state index contributed by atoms with van der Waals surface area (Å²) in [7, 11) is 1.66. The third kappa shape index (κ3) is 4.31. The number of hydrogen-bond acceptors (Lipinski definition) is 4. The highest BCUT2D eigenvalue weighted by atomic mass is 32.1. The predicted octanol–water partition coefficient (Wildman–Crippen LogP) is 0.936. The van der Waals surface area contributed by atoms with E-state index in [0.717, 1.165) is 25.9 Å². The molecule has 0 spiro atoms. The van der Waals surface area contributed by atoms with E-state index in [9.17, 15) is 9.59 Å². The molecule has 2 N–H and O–H groups in total. The maximum atomic E-state index is 12.0. The topological polar surface area (TPSA) is 61.4 Å². The van der Waals surface area contributed by atoms with Crippen molar-refractivity contribution in [1.29, 1.82) is 0 Å². The van der Waals surface area contributed by atoms with Crippen molar-refractivity contribution in [2.45, 2.75) is 12.8 Å². The average Bonchev–Trinajstić information content (AvgIpc) is 2.99. The minimum Gasteiger partial charge on any atom is -0.354 e.